The minimum Gasteiger partial charge on any atom is -0.352 e. The Morgan fingerprint density at radius 3 is 2.85 bits per heavy atom. The summed E-state index contributed by atoms with van der Waals surface area (Å²) in [6, 6.07) is 7.61. The van der Waals surface area contributed by atoms with Gasteiger partial charge in [0.1, 0.15) is 0 Å². The molecule has 1 aromatic heterocycles. The van der Waals surface area contributed by atoms with Crippen LogP contribution in [0.1, 0.15) is 40.0 Å². The number of nitrogens with one attached hydrogen (secondary N) is 1. The summed E-state index contributed by atoms with van der Waals surface area (Å²) < 4.78 is 1.64. The van der Waals surface area contributed by atoms with Crippen molar-refractivity contribution in [1.29, 1.82) is 0 Å². The molecule has 0 aliphatic heterocycles. The van der Waals surface area contributed by atoms with Crippen molar-refractivity contribution in [2.24, 2.45) is 11.8 Å². The van der Waals surface area contributed by atoms with Gasteiger partial charge < -0.3 is 5.32 Å². The maximum Gasteiger partial charge on any atom is 0.262 e. The Morgan fingerprint density at radius 2 is 2.08 bits per heavy atom. The van der Waals surface area contributed by atoms with E-state index in [9.17, 15) is 9.59 Å². The number of para-hydroxylation sites is 1. The van der Waals surface area contributed by atoms with Gasteiger partial charge in [-0.05, 0) is 37.3 Å². The molecule has 1 aromatic carbocycles. The summed E-state index contributed by atoms with van der Waals surface area (Å²) in [6.07, 6.45) is 3.47. The Balaban J connectivity index is 1.71. The Bertz CT molecular complexity index is 849. The number of carbonyl (C=O) groups is 1. The molecule has 6 heteroatoms. The normalized spacial score (nSPS) is 23.1. The van der Waals surface area contributed by atoms with Gasteiger partial charge >= 0.3 is 0 Å². The SMILES string of the molecule is CCn1c(SCC(=O)N[C@H]2CCC[C@H](C)[C@@H]2C)nc2ccccc2c1=O. The zero-order valence-electron chi connectivity index (χ0n) is 15.7. The van der Waals surface area contributed by atoms with Crippen LogP contribution in [0, 0.1) is 11.8 Å². The van der Waals surface area contributed by atoms with Crippen LogP contribution in [-0.4, -0.2) is 27.3 Å². The Morgan fingerprint density at radius 1 is 1.31 bits per heavy atom. The van der Waals surface area contributed by atoms with E-state index in [4.69, 9.17) is 0 Å². The van der Waals surface area contributed by atoms with E-state index in [1.54, 1.807) is 10.6 Å². The molecule has 1 aliphatic carbocycles. The molecule has 2 aromatic rings. The van der Waals surface area contributed by atoms with E-state index >= 15 is 0 Å². The molecule has 1 amide bonds. The van der Waals surface area contributed by atoms with Crippen molar-refractivity contribution < 1.29 is 4.79 Å². The molecule has 0 spiro atoms. The first-order chi connectivity index (χ1) is 12.5. The number of rotatable bonds is 5. The van der Waals surface area contributed by atoms with Gasteiger partial charge in [-0.1, -0.05) is 50.6 Å². The third-order valence-electron chi connectivity index (χ3n) is 5.53. The van der Waals surface area contributed by atoms with E-state index in [0.29, 0.717) is 34.4 Å². The highest BCUT2D eigenvalue weighted by atomic mass is 32.2. The Labute approximate surface area is 158 Å². The summed E-state index contributed by atoms with van der Waals surface area (Å²) in [5.41, 5.74) is 0.635. The van der Waals surface area contributed by atoms with Crippen LogP contribution < -0.4 is 10.9 Å². The van der Waals surface area contributed by atoms with Crippen LogP contribution in [0.2, 0.25) is 0 Å². The Hall–Kier alpha value is -1.82. The van der Waals surface area contributed by atoms with Gasteiger partial charge in [-0.15, -0.1) is 0 Å². The minimum atomic E-state index is -0.0456. The first-order valence-electron chi connectivity index (χ1n) is 9.43. The van der Waals surface area contributed by atoms with E-state index in [0.717, 1.165) is 6.42 Å². The highest BCUT2D eigenvalue weighted by Gasteiger charge is 2.28. The molecule has 0 unspecified atom stereocenters. The van der Waals surface area contributed by atoms with Crippen molar-refractivity contribution in [3.8, 4) is 0 Å². The van der Waals surface area contributed by atoms with Gasteiger partial charge in [0, 0.05) is 12.6 Å². The summed E-state index contributed by atoms with van der Waals surface area (Å²) in [7, 11) is 0. The van der Waals surface area contributed by atoms with Gasteiger partial charge in [-0.3, -0.25) is 14.2 Å². The van der Waals surface area contributed by atoms with Gasteiger partial charge in [-0.2, -0.15) is 0 Å². The first kappa shape index (κ1) is 19.0. The Kier molecular flexibility index (Phi) is 6.01. The lowest BCUT2D eigenvalue weighted by Gasteiger charge is -2.34. The number of carbonyl (C=O) groups excluding carboxylic acids is 1. The number of nitrogens with zero attached hydrogens (tertiary/aromatic N) is 2. The number of amides is 1. The molecular formula is C20H27N3O2S. The number of thioether (sulfide) groups is 1. The molecule has 1 fully saturated rings. The molecular weight excluding hydrogens is 346 g/mol. The summed E-state index contributed by atoms with van der Waals surface area (Å²) in [6.45, 7) is 6.95. The standard InChI is InChI=1S/C20H27N3O2S/c1-4-23-19(25)15-9-5-6-10-17(15)22-20(23)26-12-18(24)21-16-11-7-8-13(2)14(16)3/h5-6,9-10,13-14,16H,4,7-8,11-12H2,1-3H3,(H,21,24)/t13-,14-,16-/m0/s1. The van der Waals surface area contributed by atoms with Gasteiger partial charge in [0.25, 0.3) is 5.56 Å². The summed E-state index contributed by atoms with van der Waals surface area (Å²) >= 11 is 1.34. The molecule has 26 heavy (non-hydrogen) atoms. The fourth-order valence-corrected chi connectivity index (χ4v) is 4.58. The van der Waals surface area contributed by atoms with Crippen molar-refractivity contribution in [2.75, 3.05) is 5.75 Å². The van der Waals surface area contributed by atoms with Crippen molar-refractivity contribution in [3.63, 3.8) is 0 Å². The number of hydrogen-bond donors (Lipinski definition) is 1. The van der Waals surface area contributed by atoms with E-state index in [1.165, 1.54) is 24.6 Å². The molecule has 3 rings (SSSR count). The first-order valence-corrected chi connectivity index (χ1v) is 10.4. The average Bonchev–Trinajstić information content (AvgIpc) is 2.64. The topological polar surface area (TPSA) is 64.0 Å². The molecule has 0 bridgehead atoms. The molecule has 140 valence electrons. The maximum atomic E-state index is 12.6. The van der Waals surface area contributed by atoms with E-state index in [-0.39, 0.29) is 23.3 Å². The number of aromatic nitrogens is 2. The van der Waals surface area contributed by atoms with Crippen LogP contribution in [0.4, 0.5) is 0 Å². The third kappa shape index (κ3) is 3.95. The van der Waals surface area contributed by atoms with Gasteiger partial charge in [0.05, 0.1) is 16.7 Å². The van der Waals surface area contributed by atoms with E-state index in [2.05, 4.69) is 24.1 Å². The fraction of sp³-hybridized carbons (Fsp3) is 0.550. The van der Waals surface area contributed by atoms with Gasteiger partial charge in [0.15, 0.2) is 5.16 Å². The monoisotopic (exact) mass is 373 g/mol. The minimum absolute atomic E-state index is 0.0195. The number of hydrogen-bond acceptors (Lipinski definition) is 4. The van der Waals surface area contributed by atoms with Crippen LogP contribution in [0.25, 0.3) is 10.9 Å². The summed E-state index contributed by atoms with van der Waals surface area (Å²) in [5, 5.41) is 4.41. The van der Waals surface area contributed by atoms with Crippen LogP contribution in [0.3, 0.4) is 0 Å². The van der Waals surface area contributed by atoms with E-state index < -0.39 is 0 Å². The lowest BCUT2D eigenvalue weighted by Crippen LogP contribution is -2.44. The zero-order chi connectivity index (χ0) is 18.7. The predicted molar refractivity (Wildman–Crippen MR) is 107 cm³/mol. The second-order valence-electron chi connectivity index (χ2n) is 7.19. The molecule has 1 saturated carbocycles. The quantitative estimate of drug-likeness (QED) is 0.644. The van der Waals surface area contributed by atoms with Crippen LogP contribution in [0.5, 0.6) is 0 Å². The van der Waals surface area contributed by atoms with Gasteiger partial charge in [-0.25, -0.2) is 4.98 Å². The number of fused-ring (bicyclic) bond motifs is 1. The molecule has 0 saturated heterocycles. The fourth-order valence-electron chi connectivity index (χ4n) is 3.70. The zero-order valence-corrected chi connectivity index (χ0v) is 16.5. The molecule has 1 aliphatic rings. The second kappa shape index (κ2) is 8.25. The van der Waals surface area contributed by atoms with Gasteiger partial charge in [0.2, 0.25) is 5.91 Å². The second-order valence-corrected chi connectivity index (χ2v) is 8.13. The molecule has 1 N–H and O–H groups in total. The van der Waals surface area contributed by atoms with Crippen LogP contribution in [0.15, 0.2) is 34.2 Å². The summed E-state index contributed by atoms with van der Waals surface area (Å²) in [5.74, 6) is 1.45. The largest absolute Gasteiger partial charge is 0.352 e. The van der Waals surface area contributed by atoms with Crippen molar-refractivity contribution >= 4 is 28.6 Å². The molecule has 3 atom stereocenters. The van der Waals surface area contributed by atoms with Crippen molar-refractivity contribution in [2.45, 2.75) is 57.8 Å². The van der Waals surface area contributed by atoms with Crippen LogP contribution >= 0.6 is 11.8 Å². The predicted octanol–water partition coefficient (Wildman–Crippen LogP) is 3.45. The van der Waals surface area contributed by atoms with Crippen molar-refractivity contribution in [1.82, 2.24) is 14.9 Å². The lowest BCUT2D eigenvalue weighted by atomic mass is 9.78. The average molecular weight is 374 g/mol. The smallest absolute Gasteiger partial charge is 0.262 e. The van der Waals surface area contributed by atoms with E-state index in [1.807, 2.05) is 25.1 Å². The highest BCUT2D eigenvalue weighted by Crippen LogP contribution is 2.29. The van der Waals surface area contributed by atoms with Crippen molar-refractivity contribution in [3.05, 3.63) is 34.6 Å². The summed E-state index contributed by atoms with van der Waals surface area (Å²) in [4.78, 5) is 29.7. The number of benzene rings is 1. The maximum absolute atomic E-state index is 12.6. The highest BCUT2D eigenvalue weighted by molar-refractivity contribution is 7.99. The lowest BCUT2D eigenvalue weighted by molar-refractivity contribution is -0.120. The molecule has 1 heterocycles. The van der Waals surface area contributed by atoms with Crippen LogP contribution in [-0.2, 0) is 11.3 Å². The molecule has 0 radical (unpaired) electrons. The molecule has 5 nitrogen and oxygen atoms in total. The third-order valence-corrected chi connectivity index (χ3v) is 6.50.